The van der Waals surface area contributed by atoms with E-state index in [1.54, 1.807) is 12.1 Å². The highest BCUT2D eigenvalue weighted by molar-refractivity contribution is 8.00. The van der Waals surface area contributed by atoms with Gasteiger partial charge in [-0.25, -0.2) is 0 Å². The van der Waals surface area contributed by atoms with E-state index in [9.17, 15) is 4.79 Å². The summed E-state index contributed by atoms with van der Waals surface area (Å²) in [7, 11) is 0. The molecule has 0 saturated carbocycles. The zero-order chi connectivity index (χ0) is 19.8. The summed E-state index contributed by atoms with van der Waals surface area (Å²) in [5.41, 5.74) is 4.28. The van der Waals surface area contributed by atoms with E-state index in [-0.39, 0.29) is 18.0 Å². The summed E-state index contributed by atoms with van der Waals surface area (Å²) in [4.78, 5) is 12.6. The standard InChI is InChI=1S/C21H19N3O4S/c1-12(19(25)22-16-7-5-13-3-2-4-14(13)9-16)29-21-24-23-20(28-21)15-6-8-17-18(10-15)27-11-26-17/h5-10,12H,2-4,11H2,1H3,(H,22,25)/t12-/m1/s1. The zero-order valence-electron chi connectivity index (χ0n) is 15.8. The minimum atomic E-state index is -0.381. The molecule has 29 heavy (non-hydrogen) atoms. The summed E-state index contributed by atoms with van der Waals surface area (Å²) in [5, 5.41) is 11.1. The lowest BCUT2D eigenvalue weighted by Gasteiger charge is -2.11. The molecule has 1 aromatic heterocycles. The van der Waals surface area contributed by atoms with E-state index in [1.807, 2.05) is 19.1 Å². The number of carbonyl (C=O) groups excluding carboxylic acids is 1. The van der Waals surface area contributed by atoms with Gasteiger partial charge >= 0.3 is 0 Å². The predicted octanol–water partition coefficient (Wildman–Crippen LogP) is 4.07. The van der Waals surface area contributed by atoms with Crippen molar-refractivity contribution in [2.24, 2.45) is 0 Å². The van der Waals surface area contributed by atoms with Crippen LogP contribution in [0.5, 0.6) is 11.5 Å². The summed E-state index contributed by atoms with van der Waals surface area (Å²) in [5.74, 6) is 1.62. The Hall–Kier alpha value is -3.00. The molecule has 148 valence electrons. The number of benzene rings is 2. The Bertz CT molecular complexity index is 1080. The number of carbonyl (C=O) groups is 1. The maximum atomic E-state index is 12.6. The molecule has 0 unspecified atom stereocenters. The molecule has 1 aliphatic heterocycles. The minimum absolute atomic E-state index is 0.101. The molecule has 8 heteroatoms. The van der Waals surface area contributed by atoms with Gasteiger partial charge in [0.2, 0.25) is 18.6 Å². The van der Waals surface area contributed by atoms with Crippen LogP contribution in [0.3, 0.4) is 0 Å². The van der Waals surface area contributed by atoms with Crippen molar-refractivity contribution in [2.45, 2.75) is 36.7 Å². The van der Waals surface area contributed by atoms with E-state index in [2.05, 4.69) is 27.6 Å². The number of hydrogen-bond acceptors (Lipinski definition) is 7. The number of amides is 1. The molecule has 2 heterocycles. The molecule has 2 aromatic carbocycles. The minimum Gasteiger partial charge on any atom is -0.454 e. The highest BCUT2D eigenvalue weighted by atomic mass is 32.2. The number of thioether (sulfide) groups is 1. The molecule has 7 nitrogen and oxygen atoms in total. The van der Waals surface area contributed by atoms with Crippen LogP contribution in [-0.2, 0) is 17.6 Å². The summed E-state index contributed by atoms with van der Waals surface area (Å²) in [6, 6.07) is 11.6. The van der Waals surface area contributed by atoms with Gasteiger partial charge in [0, 0.05) is 11.3 Å². The second-order valence-corrected chi connectivity index (χ2v) is 8.32. The van der Waals surface area contributed by atoms with Gasteiger partial charge in [0.25, 0.3) is 5.22 Å². The first-order valence-corrected chi connectivity index (χ1v) is 10.4. The van der Waals surface area contributed by atoms with Crippen molar-refractivity contribution in [2.75, 3.05) is 12.1 Å². The van der Waals surface area contributed by atoms with Crippen LogP contribution < -0.4 is 14.8 Å². The average Bonchev–Trinajstić information content (AvgIpc) is 3.47. The molecular weight excluding hydrogens is 390 g/mol. The summed E-state index contributed by atoms with van der Waals surface area (Å²) in [6.45, 7) is 2.03. The molecular formula is C21H19N3O4S. The molecule has 3 aromatic rings. The first-order valence-electron chi connectivity index (χ1n) is 9.48. The third kappa shape index (κ3) is 3.67. The number of aryl methyl sites for hydroxylation is 2. The largest absolute Gasteiger partial charge is 0.454 e. The average molecular weight is 409 g/mol. The van der Waals surface area contributed by atoms with Gasteiger partial charge in [-0.2, -0.15) is 0 Å². The van der Waals surface area contributed by atoms with Gasteiger partial charge in [0.05, 0.1) is 5.25 Å². The Kier molecular flexibility index (Phi) is 4.63. The van der Waals surface area contributed by atoms with Crippen LogP contribution in [0.1, 0.15) is 24.5 Å². The first-order chi connectivity index (χ1) is 14.2. The van der Waals surface area contributed by atoms with Crippen molar-refractivity contribution in [1.82, 2.24) is 10.2 Å². The van der Waals surface area contributed by atoms with Crippen LogP contribution >= 0.6 is 11.8 Å². The Morgan fingerprint density at radius 3 is 2.86 bits per heavy atom. The Balaban J connectivity index is 1.24. The van der Waals surface area contributed by atoms with Crippen LogP contribution in [0.4, 0.5) is 5.69 Å². The van der Waals surface area contributed by atoms with E-state index in [4.69, 9.17) is 13.9 Å². The summed E-state index contributed by atoms with van der Waals surface area (Å²) >= 11 is 1.23. The van der Waals surface area contributed by atoms with Gasteiger partial charge in [-0.15, -0.1) is 10.2 Å². The molecule has 0 spiro atoms. The van der Waals surface area contributed by atoms with Gasteiger partial charge in [-0.1, -0.05) is 17.8 Å². The summed E-state index contributed by atoms with van der Waals surface area (Å²) < 4.78 is 16.4. The normalized spacial score (nSPS) is 15.2. The lowest BCUT2D eigenvalue weighted by atomic mass is 10.1. The quantitative estimate of drug-likeness (QED) is 0.636. The third-order valence-electron chi connectivity index (χ3n) is 5.04. The molecule has 1 N–H and O–H groups in total. The maximum absolute atomic E-state index is 12.6. The number of anilines is 1. The maximum Gasteiger partial charge on any atom is 0.277 e. The van der Waals surface area contributed by atoms with Crippen LogP contribution in [0, 0.1) is 0 Å². The molecule has 1 aliphatic carbocycles. The molecule has 0 fully saturated rings. The molecule has 5 rings (SSSR count). The van der Waals surface area contributed by atoms with E-state index < -0.39 is 0 Å². The van der Waals surface area contributed by atoms with E-state index in [0.717, 1.165) is 24.1 Å². The smallest absolute Gasteiger partial charge is 0.277 e. The first kappa shape index (κ1) is 18.1. The fourth-order valence-corrected chi connectivity index (χ4v) is 4.19. The number of fused-ring (bicyclic) bond motifs is 2. The molecule has 1 amide bonds. The number of ether oxygens (including phenoxy) is 2. The second-order valence-electron chi connectivity index (χ2n) is 7.03. The van der Waals surface area contributed by atoms with Gasteiger partial charge in [-0.3, -0.25) is 4.79 Å². The Morgan fingerprint density at radius 1 is 1.07 bits per heavy atom. The Morgan fingerprint density at radius 2 is 1.93 bits per heavy atom. The topological polar surface area (TPSA) is 86.5 Å². The van der Waals surface area contributed by atoms with Crippen LogP contribution in [0.25, 0.3) is 11.5 Å². The fourth-order valence-electron chi connectivity index (χ4n) is 3.50. The molecule has 2 aliphatic rings. The van der Waals surface area contributed by atoms with Crippen LogP contribution in [0.2, 0.25) is 0 Å². The van der Waals surface area contributed by atoms with Crippen molar-refractivity contribution in [3.63, 3.8) is 0 Å². The van der Waals surface area contributed by atoms with Gasteiger partial charge in [0.15, 0.2) is 11.5 Å². The van der Waals surface area contributed by atoms with Gasteiger partial charge in [0.1, 0.15) is 0 Å². The molecule has 0 radical (unpaired) electrons. The van der Waals surface area contributed by atoms with Crippen molar-refractivity contribution in [3.05, 3.63) is 47.5 Å². The van der Waals surface area contributed by atoms with E-state index in [0.29, 0.717) is 22.6 Å². The zero-order valence-corrected chi connectivity index (χ0v) is 16.6. The van der Waals surface area contributed by atoms with Crippen LogP contribution in [-0.4, -0.2) is 28.1 Å². The SMILES string of the molecule is C[C@@H](Sc1nnc(-c2ccc3c(c2)OCO3)o1)C(=O)Nc1ccc2c(c1)CCC2. The lowest BCUT2D eigenvalue weighted by molar-refractivity contribution is -0.115. The number of aromatic nitrogens is 2. The van der Waals surface area contributed by atoms with Crippen molar-refractivity contribution in [3.8, 4) is 23.0 Å². The van der Waals surface area contributed by atoms with Crippen LogP contribution in [0.15, 0.2) is 46.0 Å². The third-order valence-corrected chi connectivity index (χ3v) is 5.97. The molecule has 0 saturated heterocycles. The predicted molar refractivity (Wildman–Crippen MR) is 108 cm³/mol. The van der Waals surface area contributed by atoms with Gasteiger partial charge in [-0.05, 0) is 67.6 Å². The highest BCUT2D eigenvalue weighted by Gasteiger charge is 2.21. The number of rotatable bonds is 5. The highest BCUT2D eigenvalue weighted by Crippen LogP contribution is 2.36. The monoisotopic (exact) mass is 409 g/mol. The number of nitrogens with one attached hydrogen (secondary N) is 1. The van der Waals surface area contributed by atoms with Crippen molar-refractivity contribution in [1.29, 1.82) is 0 Å². The second kappa shape index (κ2) is 7.44. The summed E-state index contributed by atoms with van der Waals surface area (Å²) in [6.07, 6.45) is 3.38. The fraction of sp³-hybridized carbons (Fsp3) is 0.286. The molecule has 1 atom stereocenters. The molecule has 0 bridgehead atoms. The van der Waals surface area contributed by atoms with Crippen molar-refractivity contribution < 1.29 is 18.7 Å². The number of nitrogens with zero attached hydrogens (tertiary/aromatic N) is 2. The van der Waals surface area contributed by atoms with E-state index in [1.165, 1.54) is 29.3 Å². The lowest BCUT2D eigenvalue weighted by Crippen LogP contribution is -2.22. The van der Waals surface area contributed by atoms with Gasteiger partial charge < -0.3 is 19.2 Å². The van der Waals surface area contributed by atoms with Crippen molar-refractivity contribution >= 4 is 23.4 Å². The Labute approximate surface area is 171 Å². The number of hydrogen-bond donors (Lipinski definition) is 1. The van der Waals surface area contributed by atoms with E-state index >= 15 is 0 Å².